The van der Waals surface area contributed by atoms with Gasteiger partial charge in [0.1, 0.15) is 0 Å². The molecule has 0 aromatic carbocycles. The molecule has 0 radical (unpaired) electrons. The summed E-state index contributed by atoms with van der Waals surface area (Å²) in [4.78, 5) is 0. The Morgan fingerprint density at radius 3 is 2.92 bits per heavy atom. The van der Waals surface area contributed by atoms with E-state index in [-0.39, 0.29) is 0 Å². The highest BCUT2D eigenvalue weighted by atomic mass is 16.5. The number of piperidine rings is 1. The summed E-state index contributed by atoms with van der Waals surface area (Å²) in [5.74, 6) is 0.872. The molecular formula is C11H23NO. The zero-order valence-corrected chi connectivity index (χ0v) is 9.01. The summed E-state index contributed by atoms with van der Waals surface area (Å²) in [6.45, 7) is 4.51. The molecule has 1 aliphatic heterocycles. The summed E-state index contributed by atoms with van der Waals surface area (Å²) >= 11 is 0. The molecule has 1 rings (SSSR count). The van der Waals surface area contributed by atoms with E-state index in [1.54, 1.807) is 7.11 Å². The van der Waals surface area contributed by atoms with Crippen LogP contribution < -0.4 is 5.32 Å². The van der Waals surface area contributed by atoms with E-state index in [4.69, 9.17) is 4.74 Å². The lowest BCUT2D eigenvalue weighted by Gasteiger charge is -2.30. The summed E-state index contributed by atoms with van der Waals surface area (Å²) in [5, 5.41) is 3.60. The van der Waals surface area contributed by atoms with Crippen LogP contribution in [0.4, 0.5) is 0 Å². The van der Waals surface area contributed by atoms with E-state index in [2.05, 4.69) is 12.2 Å². The van der Waals surface area contributed by atoms with Crippen LogP contribution in [-0.2, 0) is 4.74 Å². The van der Waals surface area contributed by atoms with Crippen molar-refractivity contribution in [2.75, 3.05) is 20.3 Å². The second-order valence-corrected chi connectivity index (χ2v) is 4.17. The first kappa shape index (κ1) is 11.0. The van der Waals surface area contributed by atoms with Crippen molar-refractivity contribution in [3.63, 3.8) is 0 Å². The zero-order valence-electron chi connectivity index (χ0n) is 9.01. The van der Waals surface area contributed by atoms with Gasteiger partial charge in [-0.05, 0) is 44.6 Å². The molecule has 2 heteroatoms. The lowest BCUT2D eigenvalue weighted by atomic mass is 9.89. The molecule has 0 saturated carbocycles. The minimum atomic E-state index is 0.769. The van der Waals surface area contributed by atoms with Crippen LogP contribution in [0.3, 0.4) is 0 Å². The SMILES string of the molecule is COCCCCC1NCCCC1C. The van der Waals surface area contributed by atoms with Gasteiger partial charge in [-0.3, -0.25) is 0 Å². The maximum Gasteiger partial charge on any atom is 0.0462 e. The molecule has 1 aliphatic rings. The number of methoxy groups -OCH3 is 1. The summed E-state index contributed by atoms with van der Waals surface area (Å²) in [7, 11) is 1.78. The quantitative estimate of drug-likeness (QED) is 0.663. The van der Waals surface area contributed by atoms with Crippen LogP contribution in [-0.4, -0.2) is 26.3 Å². The first-order chi connectivity index (χ1) is 6.34. The van der Waals surface area contributed by atoms with Crippen molar-refractivity contribution in [1.29, 1.82) is 0 Å². The fourth-order valence-corrected chi connectivity index (χ4v) is 2.11. The van der Waals surface area contributed by atoms with E-state index in [1.807, 2.05) is 0 Å². The highest BCUT2D eigenvalue weighted by Crippen LogP contribution is 2.19. The predicted molar refractivity (Wildman–Crippen MR) is 55.9 cm³/mol. The molecule has 2 atom stereocenters. The van der Waals surface area contributed by atoms with Gasteiger partial charge in [0.05, 0.1) is 0 Å². The van der Waals surface area contributed by atoms with Crippen LogP contribution in [0, 0.1) is 5.92 Å². The van der Waals surface area contributed by atoms with Crippen LogP contribution >= 0.6 is 0 Å². The number of nitrogens with one attached hydrogen (secondary N) is 1. The first-order valence-electron chi connectivity index (χ1n) is 5.57. The molecule has 2 nitrogen and oxygen atoms in total. The largest absolute Gasteiger partial charge is 0.385 e. The number of ether oxygens (including phenoxy) is 1. The number of rotatable bonds is 5. The molecule has 1 N–H and O–H groups in total. The Morgan fingerprint density at radius 1 is 1.38 bits per heavy atom. The van der Waals surface area contributed by atoms with Crippen molar-refractivity contribution in [2.45, 2.75) is 45.1 Å². The van der Waals surface area contributed by atoms with Crippen molar-refractivity contribution in [1.82, 2.24) is 5.32 Å². The summed E-state index contributed by atoms with van der Waals surface area (Å²) in [6, 6.07) is 0.769. The minimum Gasteiger partial charge on any atom is -0.385 e. The van der Waals surface area contributed by atoms with E-state index in [1.165, 1.54) is 38.6 Å². The minimum absolute atomic E-state index is 0.769. The predicted octanol–water partition coefficient (Wildman–Crippen LogP) is 2.19. The van der Waals surface area contributed by atoms with E-state index in [0.717, 1.165) is 18.6 Å². The van der Waals surface area contributed by atoms with E-state index < -0.39 is 0 Å². The smallest absolute Gasteiger partial charge is 0.0462 e. The van der Waals surface area contributed by atoms with Gasteiger partial charge in [0.15, 0.2) is 0 Å². The molecule has 13 heavy (non-hydrogen) atoms. The monoisotopic (exact) mass is 185 g/mol. The molecular weight excluding hydrogens is 162 g/mol. The Kier molecular flexibility index (Phi) is 5.40. The Balaban J connectivity index is 2.05. The fraction of sp³-hybridized carbons (Fsp3) is 1.00. The molecule has 0 amide bonds. The maximum absolute atomic E-state index is 5.04. The molecule has 1 saturated heterocycles. The Hall–Kier alpha value is -0.0800. The van der Waals surface area contributed by atoms with Crippen LogP contribution in [0.2, 0.25) is 0 Å². The number of unbranched alkanes of at least 4 members (excludes halogenated alkanes) is 1. The van der Waals surface area contributed by atoms with Gasteiger partial charge in [-0.15, -0.1) is 0 Å². The van der Waals surface area contributed by atoms with Crippen LogP contribution in [0.25, 0.3) is 0 Å². The normalized spacial score (nSPS) is 29.1. The molecule has 1 fully saturated rings. The van der Waals surface area contributed by atoms with Crippen LogP contribution in [0.5, 0.6) is 0 Å². The summed E-state index contributed by atoms with van der Waals surface area (Å²) in [5.41, 5.74) is 0. The van der Waals surface area contributed by atoms with E-state index in [9.17, 15) is 0 Å². The van der Waals surface area contributed by atoms with Crippen molar-refractivity contribution in [3.8, 4) is 0 Å². The molecule has 1 heterocycles. The van der Waals surface area contributed by atoms with Gasteiger partial charge in [0.2, 0.25) is 0 Å². The Bertz CT molecular complexity index is 127. The highest BCUT2D eigenvalue weighted by molar-refractivity contribution is 4.77. The molecule has 2 unspecified atom stereocenters. The third-order valence-electron chi connectivity index (χ3n) is 3.04. The second kappa shape index (κ2) is 6.39. The van der Waals surface area contributed by atoms with Gasteiger partial charge in [-0.2, -0.15) is 0 Å². The van der Waals surface area contributed by atoms with Crippen molar-refractivity contribution in [3.05, 3.63) is 0 Å². The van der Waals surface area contributed by atoms with Gasteiger partial charge in [0.25, 0.3) is 0 Å². The van der Waals surface area contributed by atoms with Gasteiger partial charge >= 0.3 is 0 Å². The topological polar surface area (TPSA) is 21.3 Å². The molecule has 0 spiro atoms. The number of hydrogen-bond donors (Lipinski definition) is 1. The van der Waals surface area contributed by atoms with Crippen molar-refractivity contribution < 1.29 is 4.74 Å². The van der Waals surface area contributed by atoms with Crippen LogP contribution in [0.15, 0.2) is 0 Å². The highest BCUT2D eigenvalue weighted by Gasteiger charge is 2.19. The lowest BCUT2D eigenvalue weighted by molar-refractivity contribution is 0.187. The Morgan fingerprint density at radius 2 is 2.23 bits per heavy atom. The lowest BCUT2D eigenvalue weighted by Crippen LogP contribution is -2.39. The third kappa shape index (κ3) is 4.10. The molecule has 78 valence electrons. The fourth-order valence-electron chi connectivity index (χ4n) is 2.11. The Labute approximate surface area is 82.0 Å². The zero-order chi connectivity index (χ0) is 9.52. The standard InChI is InChI=1S/C11H23NO/c1-10-6-5-8-12-11(10)7-3-4-9-13-2/h10-12H,3-9H2,1-2H3. The van der Waals surface area contributed by atoms with E-state index in [0.29, 0.717) is 0 Å². The van der Waals surface area contributed by atoms with Gasteiger partial charge in [-0.25, -0.2) is 0 Å². The average Bonchev–Trinajstić information content (AvgIpc) is 2.15. The maximum atomic E-state index is 5.04. The van der Waals surface area contributed by atoms with Gasteiger partial charge in [-0.1, -0.05) is 6.92 Å². The average molecular weight is 185 g/mol. The summed E-state index contributed by atoms with van der Waals surface area (Å²) in [6.07, 6.45) is 6.60. The third-order valence-corrected chi connectivity index (χ3v) is 3.04. The van der Waals surface area contributed by atoms with E-state index >= 15 is 0 Å². The molecule has 0 aliphatic carbocycles. The molecule has 0 aromatic rings. The second-order valence-electron chi connectivity index (χ2n) is 4.17. The first-order valence-corrected chi connectivity index (χ1v) is 5.57. The van der Waals surface area contributed by atoms with Crippen molar-refractivity contribution >= 4 is 0 Å². The van der Waals surface area contributed by atoms with Gasteiger partial charge < -0.3 is 10.1 Å². The van der Waals surface area contributed by atoms with Crippen molar-refractivity contribution in [2.24, 2.45) is 5.92 Å². The van der Waals surface area contributed by atoms with Crippen LogP contribution in [0.1, 0.15) is 39.0 Å². The molecule has 0 aromatic heterocycles. The number of hydrogen-bond acceptors (Lipinski definition) is 2. The van der Waals surface area contributed by atoms with Gasteiger partial charge in [0, 0.05) is 19.8 Å². The summed E-state index contributed by atoms with van der Waals surface area (Å²) < 4.78 is 5.04. The molecule has 0 bridgehead atoms.